The van der Waals surface area contributed by atoms with Crippen LogP contribution in [-0.2, 0) is 20.0 Å². The lowest BCUT2D eigenvalue weighted by Gasteiger charge is -2.14. The highest BCUT2D eigenvalue weighted by Crippen LogP contribution is 2.43. The zero-order valence-electron chi connectivity index (χ0n) is 22.9. The highest BCUT2D eigenvalue weighted by atomic mass is 35.6. The van der Waals surface area contributed by atoms with Gasteiger partial charge in [-0.3, -0.25) is 28.5 Å². The van der Waals surface area contributed by atoms with Gasteiger partial charge in [0.15, 0.2) is 0 Å². The van der Waals surface area contributed by atoms with Crippen molar-refractivity contribution in [3.63, 3.8) is 0 Å². The summed E-state index contributed by atoms with van der Waals surface area (Å²) in [6.45, 7) is 0. The molecule has 0 saturated carbocycles. The van der Waals surface area contributed by atoms with Crippen LogP contribution in [0.5, 0.6) is 0 Å². The quantitative estimate of drug-likeness (QED) is 0.0850. The number of sulfonamides is 2. The Kier molecular flexibility index (Phi) is 6.33. The van der Waals surface area contributed by atoms with Crippen LogP contribution in [0.4, 0.5) is 11.4 Å². The fourth-order valence-electron chi connectivity index (χ4n) is 6.17. The van der Waals surface area contributed by atoms with E-state index >= 15 is 0 Å². The second-order valence-corrected chi connectivity index (χ2v) is 16.6. The minimum absolute atomic E-state index is 0.00319. The van der Waals surface area contributed by atoms with Crippen LogP contribution in [0, 0.1) is 10.1 Å². The molecule has 4 aromatic heterocycles. The maximum Gasteiger partial charge on any atom is 0.283 e. The van der Waals surface area contributed by atoms with Crippen molar-refractivity contribution in [3.8, 4) is 0 Å². The van der Waals surface area contributed by atoms with Crippen LogP contribution in [0.2, 0.25) is 0 Å². The van der Waals surface area contributed by atoms with E-state index < -0.39 is 52.1 Å². The molecular formula is C26H10Cl4N8O8S2. The van der Waals surface area contributed by atoms with E-state index in [1.807, 2.05) is 0 Å². The van der Waals surface area contributed by atoms with Gasteiger partial charge in [-0.15, -0.1) is 0 Å². The lowest BCUT2D eigenvalue weighted by Crippen LogP contribution is -2.19. The molecule has 242 valence electrons. The van der Waals surface area contributed by atoms with Crippen molar-refractivity contribution in [1.82, 2.24) is 25.5 Å². The van der Waals surface area contributed by atoms with Gasteiger partial charge in [0, 0.05) is 80.4 Å². The van der Waals surface area contributed by atoms with Gasteiger partial charge in [0.05, 0.1) is 42.2 Å². The van der Waals surface area contributed by atoms with E-state index in [1.54, 1.807) is 0 Å². The molecule has 0 aliphatic heterocycles. The van der Waals surface area contributed by atoms with Gasteiger partial charge in [0.1, 0.15) is 16.7 Å². The molecule has 0 atom stereocenters. The third-order valence-electron chi connectivity index (χ3n) is 8.14. The van der Waals surface area contributed by atoms with Gasteiger partial charge < -0.3 is 5.73 Å². The second kappa shape index (κ2) is 9.83. The molecule has 2 N–H and O–H groups in total. The van der Waals surface area contributed by atoms with E-state index in [9.17, 15) is 36.5 Å². The first kappa shape index (κ1) is 30.9. The summed E-state index contributed by atoms with van der Waals surface area (Å²) >= 11 is 22.1. The normalized spacial score (nSPS) is 13.3. The van der Waals surface area contributed by atoms with Crippen molar-refractivity contribution in [2.75, 3.05) is 5.73 Å². The van der Waals surface area contributed by atoms with Crippen molar-refractivity contribution < 1.29 is 21.8 Å². The highest BCUT2D eigenvalue weighted by molar-refractivity contribution is 7.91. The van der Waals surface area contributed by atoms with Crippen molar-refractivity contribution in [3.05, 3.63) is 79.4 Å². The molecule has 0 unspecified atom stereocenters. The zero-order chi connectivity index (χ0) is 34.4. The topological polar surface area (TPSA) is 213 Å². The summed E-state index contributed by atoms with van der Waals surface area (Å²) in [4.78, 5) is 48.5. The number of anilines is 1. The molecule has 48 heavy (non-hydrogen) atoms. The molecule has 0 spiro atoms. The fraction of sp³-hybridized carbons (Fsp3) is 0. The summed E-state index contributed by atoms with van der Waals surface area (Å²) in [6, 6.07) is 9.53. The number of benzene rings is 4. The maximum absolute atomic E-state index is 14.2. The molecule has 4 aromatic carbocycles. The number of nitrogens with zero attached hydrogens (tertiary/aromatic N) is 7. The number of non-ortho nitro benzene ring substituents is 1. The number of aromatic nitrogens is 4. The Morgan fingerprint density at radius 3 is 1.58 bits per heavy atom. The van der Waals surface area contributed by atoms with Crippen molar-refractivity contribution in [2.24, 2.45) is 0 Å². The second-order valence-electron chi connectivity index (χ2n) is 10.5. The Morgan fingerprint density at radius 1 is 0.688 bits per heavy atom. The Morgan fingerprint density at radius 2 is 1.12 bits per heavy atom. The molecule has 0 radical (unpaired) electrons. The van der Waals surface area contributed by atoms with Crippen LogP contribution < -0.4 is 16.9 Å². The number of pyridine rings is 2. The van der Waals surface area contributed by atoms with Crippen LogP contribution in [0.15, 0.2) is 67.9 Å². The standard InChI is InChI=1S/C26H10Cl4N8O8S2/c27-37(28)47(43,44)9-1-3-14-16(5-9)34-24(33-14)12-8-18(36(41)42)22-20-11(7-13(31)21(19(12)20)25(34)39)23-32-15-4-2-10(48(45,46)38(29)30)6-17(15)35(23)26(22)40/h1-8H,31H2. The van der Waals surface area contributed by atoms with Crippen molar-refractivity contribution in [2.45, 2.75) is 9.79 Å². The summed E-state index contributed by atoms with van der Waals surface area (Å²) in [5.41, 5.74) is 4.13. The van der Waals surface area contributed by atoms with Crippen molar-refractivity contribution in [1.29, 1.82) is 0 Å². The number of nitrogens with two attached hydrogens (primary N) is 1. The average molecular weight is 768 g/mol. The highest BCUT2D eigenvalue weighted by Gasteiger charge is 2.31. The smallest absolute Gasteiger partial charge is 0.283 e. The molecule has 22 heteroatoms. The SMILES string of the molecule is Nc1cc2c3c(c([N+](=O)[O-])cc4c3c1c(=O)n1c3cc(S(=O)(=O)N(Cl)Cl)ccc3nc41)c(=O)n1c3cc(S(=O)(=O)N(Cl)Cl)ccc3nc21. The summed E-state index contributed by atoms with van der Waals surface area (Å²) in [6.07, 6.45) is 0. The van der Waals surface area contributed by atoms with Crippen LogP contribution >= 0.6 is 47.1 Å². The molecule has 8 rings (SSSR count). The Labute approximate surface area is 285 Å². The van der Waals surface area contributed by atoms with Gasteiger partial charge in [0.25, 0.3) is 36.9 Å². The predicted octanol–water partition coefficient (Wildman–Crippen LogP) is 4.43. The lowest BCUT2D eigenvalue weighted by atomic mass is 9.94. The van der Waals surface area contributed by atoms with Gasteiger partial charge in [-0.1, -0.05) is 0 Å². The summed E-state index contributed by atoms with van der Waals surface area (Å²) < 4.78 is 52.6. The van der Waals surface area contributed by atoms with Gasteiger partial charge in [-0.05, 0) is 49.2 Å². The van der Waals surface area contributed by atoms with Gasteiger partial charge in [-0.25, -0.2) is 26.8 Å². The van der Waals surface area contributed by atoms with Gasteiger partial charge in [-0.2, -0.15) is 0 Å². The molecule has 4 heterocycles. The Hall–Kier alpha value is -4.40. The van der Waals surface area contributed by atoms with E-state index in [0.717, 1.165) is 39.1 Å². The number of nitro benzene ring substituents is 1. The number of hydrogen-bond donors (Lipinski definition) is 1. The lowest BCUT2D eigenvalue weighted by molar-refractivity contribution is -0.383. The number of imidazole rings is 2. The minimum atomic E-state index is -4.40. The third-order valence-corrected chi connectivity index (χ3v) is 12.7. The van der Waals surface area contributed by atoms with Crippen LogP contribution in [0.25, 0.3) is 65.7 Å². The molecule has 0 saturated heterocycles. The van der Waals surface area contributed by atoms with Crippen LogP contribution in [0.3, 0.4) is 0 Å². The Bertz CT molecular complexity index is 3150. The van der Waals surface area contributed by atoms with E-state index in [4.69, 9.17) is 52.8 Å². The molecular weight excluding hydrogens is 758 g/mol. The van der Waals surface area contributed by atoms with E-state index in [-0.39, 0.29) is 77.6 Å². The molecule has 0 aliphatic rings. The number of nitrogen functional groups attached to an aromatic ring is 1. The average Bonchev–Trinajstić information content (AvgIpc) is 3.61. The van der Waals surface area contributed by atoms with E-state index in [0.29, 0.717) is 0 Å². The van der Waals surface area contributed by atoms with Gasteiger partial charge in [0.2, 0.25) is 0 Å². The first-order chi connectivity index (χ1) is 22.5. The summed E-state index contributed by atoms with van der Waals surface area (Å²) in [7, 11) is -8.78. The Balaban J connectivity index is 1.61. The molecule has 0 aliphatic carbocycles. The number of halogens is 4. The number of rotatable bonds is 5. The molecule has 0 bridgehead atoms. The monoisotopic (exact) mass is 766 g/mol. The number of fused-ring (bicyclic) bond motifs is 8. The van der Waals surface area contributed by atoms with Crippen molar-refractivity contribution >= 4 is 144 Å². The largest absolute Gasteiger partial charge is 0.398 e. The van der Waals surface area contributed by atoms with Gasteiger partial charge >= 0.3 is 0 Å². The van der Waals surface area contributed by atoms with Crippen LogP contribution in [-0.4, -0.2) is 47.2 Å². The van der Waals surface area contributed by atoms with E-state index in [1.165, 1.54) is 18.2 Å². The molecule has 8 aromatic rings. The van der Waals surface area contributed by atoms with Crippen LogP contribution in [0.1, 0.15) is 0 Å². The molecule has 0 fully saturated rings. The minimum Gasteiger partial charge on any atom is -0.398 e. The maximum atomic E-state index is 14.2. The summed E-state index contributed by atoms with van der Waals surface area (Å²) in [5, 5.41) is 12.3. The number of nitro groups is 1. The predicted molar refractivity (Wildman–Crippen MR) is 179 cm³/mol. The molecule has 16 nitrogen and oxygen atoms in total. The fourth-order valence-corrected chi connectivity index (χ4v) is 8.45. The first-order valence-corrected chi connectivity index (χ1v) is 17.3. The number of hydrogen-bond acceptors (Lipinski definition) is 11. The summed E-state index contributed by atoms with van der Waals surface area (Å²) in [5.74, 6) is 0. The van der Waals surface area contributed by atoms with E-state index in [2.05, 4.69) is 9.97 Å². The zero-order valence-corrected chi connectivity index (χ0v) is 27.6. The first-order valence-electron chi connectivity index (χ1n) is 13.0. The third kappa shape index (κ3) is 3.84. The molecule has 0 amide bonds.